The third-order valence-electron chi connectivity index (χ3n) is 4.84. The number of nitrogens with zero attached hydrogens (tertiary/aromatic N) is 2. The summed E-state index contributed by atoms with van der Waals surface area (Å²) in [5, 5.41) is 1.92. The SMILES string of the molecule is CCCN(c1csc(-c2ccc(C(F)(F)F)cc2)n1)S(=O)(=O)c1ccc(C)c(C(=O)OC)c1. The van der Waals surface area contributed by atoms with E-state index in [4.69, 9.17) is 4.74 Å². The molecule has 0 saturated carbocycles. The number of methoxy groups -OCH3 is 1. The van der Waals surface area contributed by atoms with Crippen molar-refractivity contribution in [1.82, 2.24) is 4.98 Å². The highest BCUT2D eigenvalue weighted by atomic mass is 32.2. The van der Waals surface area contributed by atoms with E-state index in [0.717, 1.165) is 27.8 Å². The molecule has 0 radical (unpaired) electrons. The van der Waals surface area contributed by atoms with E-state index in [9.17, 15) is 26.4 Å². The number of thiazole rings is 1. The average Bonchev–Trinajstić information content (AvgIpc) is 3.26. The Labute approximate surface area is 193 Å². The summed E-state index contributed by atoms with van der Waals surface area (Å²) in [5.74, 6) is -0.498. The van der Waals surface area contributed by atoms with Crippen molar-refractivity contribution in [2.24, 2.45) is 0 Å². The van der Waals surface area contributed by atoms with Gasteiger partial charge in [-0.05, 0) is 43.2 Å². The quantitative estimate of drug-likeness (QED) is 0.401. The van der Waals surface area contributed by atoms with Crippen molar-refractivity contribution in [3.63, 3.8) is 0 Å². The van der Waals surface area contributed by atoms with Crippen molar-refractivity contribution in [1.29, 1.82) is 0 Å². The summed E-state index contributed by atoms with van der Waals surface area (Å²) < 4.78 is 71.1. The van der Waals surface area contributed by atoms with Gasteiger partial charge in [-0.2, -0.15) is 13.2 Å². The molecule has 0 aliphatic carbocycles. The summed E-state index contributed by atoms with van der Waals surface area (Å²) in [6.07, 6.45) is -3.96. The van der Waals surface area contributed by atoms with Crippen molar-refractivity contribution in [3.8, 4) is 10.6 Å². The number of carbonyl (C=O) groups is 1. The number of hydrogen-bond acceptors (Lipinski definition) is 6. The van der Waals surface area contributed by atoms with Crippen LogP contribution in [-0.2, 0) is 20.9 Å². The Balaban J connectivity index is 1.98. The minimum atomic E-state index is -4.45. The van der Waals surface area contributed by atoms with Gasteiger partial charge in [-0.25, -0.2) is 22.5 Å². The average molecular weight is 499 g/mol. The first-order valence-electron chi connectivity index (χ1n) is 9.84. The number of hydrogen-bond donors (Lipinski definition) is 0. The van der Waals surface area contributed by atoms with Crippen LogP contribution in [0.1, 0.15) is 34.8 Å². The Morgan fingerprint density at radius 2 is 1.82 bits per heavy atom. The summed E-state index contributed by atoms with van der Waals surface area (Å²) in [6, 6.07) is 8.71. The van der Waals surface area contributed by atoms with E-state index in [0.29, 0.717) is 22.6 Å². The lowest BCUT2D eigenvalue weighted by molar-refractivity contribution is -0.137. The lowest BCUT2D eigenvalue weighted by Gasteiger charge is -2.22. The number of ether oxygens (including phenoxy) is 1. The van der Waals surface area contributed by atoms with E-state index in [1.54, 1.807) is 13.8 Å². The van der Waals surface area contributed by atoms with Crippen molar-refractivity contribution in [3.05, 3.63) is 64.5 Å². The number of anilines is 1. The third-order valence-corrected chi connectivity index (χ3v) is 7.51. The number of aromatic nitrogens is 1. The first-order chi connectivity index (χ1) is 15.5. The summed E-state index contributed by atoms with van der Waals surface area (Å²) in [7, 11) is -2.86. The Hall–Kier alpha value is -2.92. The van der Waals surface area contributed by atoms with Crippen LogP contribution in [0, 0.1) is 6.92 Å². The van der Waals surface area contributed by atoms with Gasteiger partial charge in [0, 0.05) is 17.5 Å². The van der Waals surface area contributed by atoms with Crippen LogP contribution < -0.4 is 4.31 Å². The molecule has 2 aromatic carbocycles. The van der Waals surface area contributed by atoms with Crippen LogP contribution in [0.4, 0.5) is 19.0 Å². The molecule has 0 bridgehead atoms. The maximum absolute atomic E-state index is 13.4. The summed E-state index contributed by atoms with van der Waals surface area (Å²) in [6.45, 7) is 3.60. The summed E-state index contributed by atoms with van der Waals surface area (Å²) in [5.41, 5.74) is 0.371. The number of alkyl halides is 3. The van der Waals surface area contributed by atoms with Gasteiger partial charge < -0.3 is 4.74 Å². The van der Waals surface area contributed by atoms with Crippen molar-refractivity contribution < 1.29 is 31.1 Å². The molecule has 0 atom stereocenters. The molecule has 0 N–H and O–H groups in total. The number of sulfonamides is 1. The lowest BCUT2D eigenvalue weighted by atomic mass is 10.1. The lowest BCUT2D eigenvalue weighted by Crippen LogP contribution is -2.32. The van der Waals surface area contributed by atoms with Crippen molar-refractivity contribution in [2.45, 2.75) is 31.3 Å². The molecule has 11 heteroatoms. The van der Waals surface area contributed by atoms with Crippen LogP contribution in [0.2, 0.25) is 0 Å². The maximum Gasteiger partial charge on any atom is 0.416 e. The highest BCUT2D eigenvalue weighted by Gasteiger charge is 2.31. The van der Waals surface area contributed by atoms with E-state index in [1.165, 1.54) is 42.8 Å². The Morgan fingerprint density at radius 1 is 1.15 bits per heavy atom. The number of aryl methyl sites for hydroxylation is 1. The Kier molecular flexibility index (Phi) is 7.13. The number of carbonyl (C=O) groups excluding carboxylic acids is 1. The maximum atomic E-state index is 13.4. The second-order valence-electron chi connectivity index (χ2n) is 7.13. The topological polar surface area (TPSA) is 76.6 Å². The molecule has 0 fully saturated rings. The second-order valence-corrected chi connectivity index (χ2v) is 9.85. The van der Waals surface area contributed by atoms with Crippen LogP contribution in [0.3, 0.4) is 0 Å². The van der Waals surface area contributed by atoms with Gasteiger partial charge in [0.25, 0.3) is 10.0 Å². The van der Waals surface area contributed by atoms with Gasteiger partial charge in [-0.1, -0.05) is 25.1 Å². The molecule has 33 heavy (non-hydrogen) atoms. The zero-order chi connectivity index (χ0) is 24.4. The molecular formula is C22H21F3N2O4S2. The van der Waals surface area contributed by atoms with Crippen molar-refractivity contribution in [2.75, 3.05) is 18.0 Å². The predicted octanol–water partition coefficient (Wildman–Crippen LogP) is 5.53. The van der Waals surface area contributed by atoms with Gasteiger partial charge in [0.2, 0.25) is 0 Å². The molecule has 1 aromatic heterocycles. The molecule has 0 amide bonds. The molecule has 0 aliphatic rings. The fourth-order valence-electron chi connectivity index (χ4n) is 3.09. The van der Waals surface area contributed by atoms with Crippen LogP contribution in [-0.4, -0.2) is 33.0 Å². The molecule has 176 valence electrons. The zero-order valence-electron chi connectivity index (χ0n) is 18.0. The standard InChI is InChI=1S/C22H21F3N2O4S2/c1-4-11-27(33(29,30)17-10-5-14(2)18(12-17)21(28)31-3)19-13-32-20(26-19)15-6-8-16(9-7-15)22(23,24)25/h5-10,12-13H,4,11H2,1-3H3. The molecule has 0 spiro atoms. The van der Waals surface area contributed by atoms with Gasteiger partial charge in [-0.15, -0.1) is 11.3 Å². The first kappa shape index (κ1) is 24.7. The van der Waals surface area contributed by atoms with E-state index < -0.39 is 27.7 Å². The minimum absolute atomic E-state index is 0.0916. The molecule has 0 saturated heterocycles. The number of rotatable bonds is 7. The zero-order valence-corrected chi connectivity index (χ0v) is 19.6. The molecular weight excluding hydrogens is 477 g/mol. The normalized spacial score (nSPS) is 11.9. The predicted molar refractivity (Wildman–Crippen MR) is 120 cm³/mol. The molecule has 0 aliphatic heterocycles. The first-order valence-corrected chi connectivity index (χ1v) is 12.2. The largest absolute Gasteiger partial charge is 0.465 e. The highest BCUT2D eigenvalue weighted by Crippen LogP contribution is 2.34. The Morgan fingerprint density at radius 3 is 2.39 bits per heavy atom. The number of benzene rings is 2. The summed E-state index contributed by atoms with van der Waals surface area (Å²) in [4.78, 5) is 16.3. The van der Waals surface area contributed by atoms with Crippen LogP contribution in [0.25, 0.3) is 10.6 Å². The monoisotopic (exact) mass is 498 g/mol. The van der Waals surface area contributed by atoms with Crippen LogP contribution >= 0.6 is 11.3 Å². The second kappa shape index (κ2) is 9.52. The summed E-state index contributed by atoms with van der Waals surface area (Å²) >= 11 is 1.12. The molecule has 6 nitrogen and oxygen atoms in total. The van der Waals surface area contributed by atoms with Gasteiger partial charge >= 0.3 is 12.1 Å². The minimum Gasteiger partial charge on any atom is -0.465 e. The highest BCUT2D eigenvalue weighted by molar-refractivity contribution is 7.92. The number of halogens is 3. The Bertz CT molecular complexity index is 1250. The van der Waals surface area contributed by atoms with Crippen LogP contribution in [0.5, 0.6) is 0 Å². The molecule has 3 aromatic rings. The fraction of sp³-hybridized carbons (Fsp3) is 0.273. The third kappa shape index (κ3) is 5.19. The van der Waals surface area contributed by atoms with E-state index in [1.807, 2.05) is 0 Å². The fourth-order valence-corrected chi connectivity index (χ4v) is 5.50. The van der Waals surface area contributed by atoms with Gasteiger partial charge in [-0.3, -0.25) is 0 Å². The smallest absolute Gasteiger partial charge is 0.416 e. The van der Waals surface area contributed by atoms with Gasteiger partial charge in [0.1, 0.15) is 5.01 Å². The molecule has 3 rings (SSSR count). The van der Waals surface area contributed by atoms with E-state index in [-0.39, 0.29) is 22.8 Å². The van der Waals surface area contributed by atoms with Crippen LogP contribution in [0.15, 0.2) is 52.7 Å². The van der Waals surface area contributed by atoms with Crippen molar-refractivity contribution >= 4 is 33.1 Å². The van der Waals surface area contributed by atoms with E-state index >= 15 is 0 Å². The van der Waals surface area contributed by atoms with Gasteiger partial charge in [0.15, 0.2) is 5.82 Å². The van der Waals surface area contributed by atoms with E-state index in [2.05, 4.69) is 4.98 Å². The molecule has 0 unspecified atom stereocenters. The number of esters is 1. The van der Waals surface area contributed by atoms with Gasteiger partial charge in [0.05, 0.1) is 23.1 Å². The molecule has 1 heterocycles.